The zero-order valence-corrected chi connectivity index (χ0v) is 17.7. The predicted octanol–water partition coefficient (Wildman–Crippen LogP) is 5.15. The van der Waals surface area contributed by atoms with Crippen molar-refractivity contribution < 1.29 is 4.79 Å². The maximum atomic E-state index is 12.9. The van der Waals surface area contributed by atoms with E-state index in [2.05, 4.69) is 36.6 Å². The van der Waals surface area contributed by atoms with Crippen LogP contribution in [0.1, 0.15) is 32.1 Å². The summed E-state index contributed by atoms with van der Waals surface area (Å²) >= 11 is 7.33. The third kappa shape index (κ3) is 3.09. The van der Waals surface area contributed by atoms with Crippen LogP contribution in [0.25, 0.3) is 11.5 Å². The molecule has 4 aromatic rings. The van der Waals surface area contributed by atoms with Crippen LogP contribution in [-0.2, 0) is 13.1 Å². The number of carbonyl (C=O) groups is 1. The van der Waals surface area contributed by atoms with Crippen LogP contribution in [0.15, 0.2) is 54.9 Å². The second-order valence-electron chi connectivity index (χ2n) is 7.28. The number of nitrogens with zero attached hydrogens (tertiary/aromatic N) is 4. The van der Waals surface area contributed by atoms with Gasteiger partial charge in [0, 0.05) is 18.0 Å². The second kappa shape index (κ2) is 6.90. The van der Waals surface area contributed by atoms with E-state index in [1.54, 1.807) is 12.1 Å². The number of thiophene rings is 1. The van der Waals surface area contributed by atoms with E-state index in [1.807, 2.05) is 34.1 Å². The molecule has 0 fully saturated rings. The Labute approximate surface area is 177 Å². The number of fused-ring (bicyclic) bond motifs is 1. The van der Waals surface area contributed by atoms with E-state index in [1.165, 1.54) is 22.5 Å². The molecule has 0 spiro atoms. The fraction of sp³-hybridized carbons (Fsp3) is 0.182. The Morgan fingerprint density at radius 2 is 1.86 bits per heavy atom. The number of benzene rings is 1. The van der Waals surface area contributed by atoms with Crippen molar-refractivity contribution >= 4 is 28.8 Å². The van der Waals surface area contributed by atoms with Gasteiger partial charge in [0.25, 0.3) is 5.91 Å². The van der Waals surface area contributed by atoms with Crippen LogP contribution in [0, 0.1) is 13.8 Å². The highest BCUT2D eigenvalue weighted by molar-refractivity contribution is 7.17. The third-order valence-electron chi connectivity index (χ3n) is 5.38. The van der Waals surface area contributed by atoms with Gasteiger partial charge >= 0.3 is 0 Å². The zero-order valence-electron chi connectivity index (χ0n) is 16.1. The number of amides is 1. The van der Waals surface area contributed by atoms with E-state index in [0.29, 0.717) is 22.3 Å². The van der Waals surface area contributed by atoms with Crippen LogP contribution >= 0.6 is 22.9 Å². The molecular weight excluding hydrogens is 404 g/mol. The Morgan fingerprint density at radius 3 is 2.55 bits per heavy atom. The lowest BCUT2D eigenvalue weighted by Crippen LogP contribution is -2.25. The number of hydrogen-bond acceptors (Lipinski definition) is 3. The number of aryl methyl sites for hydroxylation is 2. The van der Waals surface area contributed by atoms with Crippen LogP contribution in [-0.4, -0.2) is 25.2 Å². The number of aromatic nitrogens is 3. The average Bonchev–Trinajstić information content (AvgIpc) is 3.46. The zero-order chi connectivity index (χ0) is 20.1. The molecule has 29 heavy (non-hydrogen) atoms. The Morgan fingerprint density at radius 1 is 1.07 bits per heavy atom. The summed E-state index contributed by atoms with van der Waals surface area (Å²) in [7, 11) is 0. The lowest BCUT2D eigenvalue weighted by molar-refractivity contribution is 0.0754. The van der Waals surface area contributed by atoms with Crippen molar-refractivity contribution in [3.8, 4) is 11.5 Å². The molecule has 0 bridgehead atoms. The fourth-order valence-electron chi connectivity index (χ4n) is 3.71. The minimum absolute atomic E-state index is 0.00362. The Balaban J connectivity index is 1.56. The topological polar surface area (TPSA) is 43.1 Å². The van der Waals surface area contributed by atoms with Crippen LogP contribution in [0.3, 0.4) is 0 Å². The fourth-order valence-corrected chi connectivity index (χ4v) is 4.72. The average molecular weight is 423 g/mol. The molecule has 1 aromatic carbocycles. The molecule has 1 amide bonds. The van der Waals surface area contributed by atoms with Gasteiger partial charge in [-0.2, -0.15) is 5.10 Å². The van der Waals surface area contributed by atoms with E-state index in [-0.39, 0.29) is 5.91 Å². The van der Waals surface area contributed by atoms with Crippen LogP contribution in [0.5, 0.6) is 0 Å². The van der Waals surface area contributed by atoms with Gasteiger partial charge in [-0.3, -0.25) is 4.79 Å². The maximum absolute atomic E-state index is 12.9. The first kappa shape index (κ1) is 18.2. The van der Waals surface area contributed by atoms with Crippen LogP contribution < -0.4 is 0 Å². The van der Waals surface area contributed by atoms with Gasteiger partial charge in [-0.1, -0.05) is 17.7 Å². The number of rotatable bonds is 3. The number of halogens is 1. The van der Waals surface area contributed by atoms with E-state index in [0.717, 1.165) is 22.8 Å². The second-order valence-corrected chi connectivity index (χ2v) is 9.00. The quantitative estimate of drug-likeness (QED) is 0.458. The first-order chi connectivity index (χ1) is 14.0. The number of carbonyl (C=O) groups excluding carboxylic acids is 1. The Kier molecular flexibility index (Phi) is 4.33. The van der Waals surface area contributed by atoms with Crippen molar-refractivity contribution in [3.05, 3.63) is 86.5 Å². The van der Waals surface area contributed by atoms with Gasteiger partial charge in [0.05, 0.1) is 33.7 Å². The van der Waals surface area contributed by atoms with Crippen molar-refractivity contribution in [2.75, 3.05) is 0 Å². The summed E-state index contributed by atoms with van der Waals surface area (Å²) in [5.41, 5.74) is 5.51. The molecule has 0 radical (unpaired) electrons. The summed E-state index contributed by atoms with van der Waals surface area (Å²) in [4.78, 5) is 15.4. The minimum atomic E-state index is -0.00362. The van der Waals surface area contributed by atoms with Crippen molar-refractivity contribution in [2.45, 2.75) is 26.9 Å². The highest BCUT2D eigenvalue weighted by Gasteiger charge is 2.32. The minimum Gasteiger partial charge on any atom is -0.327 e. The Bertz CT molecular complexity index is 1220. The van der Waals surface area contributed by atoms with E-state index in [9.17, 15) is 4.79 Å². The summed E-state index contributed by atoms with van der Waals surface area (Å²) in [6, 6.07) is 13.9. The third-order valence-corrected chi connectivity index (χ3v) is 6.60. The molecule has 0 atom stereocenters. The van der Waals surface area contributed by atoms with Crippen molar-refractivity contribution in [2.24, 2.45) is 0 Å². The maximum Gasteiger partial charge on any atom is 0.264 e. The van der Waals surface area contributed by atoms with Crippen LogP contribution in [0.2, 0.25) is 4.34 Å². The van der Waals surface area contributed by atoms with E-state index < -0.39 is 0 Å². The SMILES string of the molecule is Cc1ccc(-n2nc3c(c2-n2cccc2)CN(C(=O)c2ccc(Cl)s2)C3)cc1C. The van der Waals surface area contributed by atoms with Gasteiger partial charge in [0.1, 0.15) is 5.82 Å². The van der Waals surface area contributed by atoms with E-state index >= 15 is 0 Å². The molecule has 5 nitrogen and oxygen atoms in total. The molecule has 3 aromatic heterocycles. The molecule has 4 heterocycles. The summed E-state index contributed by atoms with van der Waals surface area (Å²) in [5, 5.41) is 4.90. The first-order valence-corrected chi connectivity index (χ1v) is 10.6. The van der Waals surface area contributed by atoms with Crippen LogP contribution in [0.4, 0.5) is 0 Å². The smallest absolute Gasteiger partial charge is 0.264 e. The molecule has 0 unspecified atom stereocenters. The lowest BCUT2D eigenvalue weighted by atomic mass is 10.1. The van der Waals surface area contributed by atoms with Gasteiger partial charge < -0.3 is 9.47 Å². The molecule has 1 aliphatic heterocycles. The summed E-state index contributed by atoms with van der Waals surface area (Å²) in [6.07, 6.45) is 4.02. The van der Waals surface area contributed by atoms with E-state index in [4.69, 9.17) is 16.7 Å². The molecule has 1 aliphatic rings. The largest absolute Gasteiger partial charge is 0.327 e. The van der Waals surface area contributed by atoms with Gasteiger partial charge in [0.2, 0.25) is 0 Å². The summed E-state index contributed by atoms with van der Waals surface area (Å²) < 4.78 is 4.68. The molecule has 0 aliphatic carbocycles. The predicted molar refractivity (Wildman–Crippen MR) is 115 cm³/mol. The molecule has 146 valence electrons. The summed E-state index contributed by atoms with van der Waals surface area (Å²) in [6.45, 7) is 5.24. The molecule has 0 saturated carbocycles. The van der Waals surface area contributed by atoms with Crippen molar-refractivity contribution in [1.29, 1.82) is 0 Å². The Hall–Kier alpha value is -2.83. The molecule has 0 saturated heterocycles. The van der Waals surface area contributed by atoms with Gasteiger partial charge in [-0.15, -0.1) is 11.3 Å². The molecule has 0 N–H and O–H groups in total. The lowest BCUT2D eigenvalue weighted by Gasteiger charge is -2.17. The van der Waals surface area contributed by atoms with Crippen molar-refractivity contribution in [1.82, 2.24) is 19.2 Å². The van der Waals surface area contributed by atoms with Gasteiger partial charge in [0.15, 0.2) is 0 Å². The molecule has 7 heteroatoms. The normalized spacial score (nSPS) is 13.1. The standard InChI is InChI=1S/C22H19ClN4OS/c1-14-5-6-16(11-15(14)2)27-21(25-9-3-4-10-25)17-12-26(13-18(17)24-27)22(28)19-7-8-20(23)29-19/h3-11H,12-13H2,1-2H3. The van der Waals surface area contributed by atoms with Gasteiger partial charge in [-0.05, 0) is 61.4 Å². The molecule has 5 rings (SSSR count). The monoisotopic (exact) mass is 422 g/mol. The van der Waals surface area contributed by atoms with Crippen molar-refractivity contribution in [3.63, 3.8) is 0 Å². The summed E-state index contributed by atoms with van der Waals surface area (Å²) in [5.74, 6) is 0.976. The highest BCUT2D eigenvalue weighted by atomic mass is 35.5. The number of hydrogen-bond donors (Lipinski definition) is 0. The van der Waals surface area contributed by atoms with Gasteiger partial charge in [-0.25, -0.2) is 4.68 Å². The molecular formula is C22H19ClN4OS. The first-order valence-electron chi connectivity index (χ1n) is 9.37. The highest BCUT2D eigenvalue weighted by Crippen LogP contribution is 2.33.